The maximum atomic E-state index is 12.6. The number of nitrogens with zero attached hydrogens (tertiary/aromatic N) is 1. The van der Waals surface area contributed by atoms with E-state index in [1.165, 1.54) is 6.42 Å². The molecule has 4 nitrogen and oxygen atoms in total. The van der Waals surface area contributed by atoms with Gasteiger partial charge in [-0.3, -0.25) is 4.79 Å². The molecule has 1 fully saturated rings. The first-order valence-electron chi connectivity index (χ1n) is 7.01. The van der Waals surface area contributed by atoms with Crippen molar-refractivity contribution in [3.05, 3.63) is 35.9 Å². The molecule has 104 valence electrons. The largest absolute Gasteiger partial charge is 0.373 e. The van der Waals surface area contributed by atoms with Gasteiger partial charge in [0, 0.05) is 18.0 Å². The first-order chi connectivity index (χ1) is 9.61. The number of amides is 1. The molecule has 2 aromatic rings. The molecule has 1 aliphatic carbocycles. The lowest BCUT2D eigenvalue weighted by molar-refractivity contribution is 0.0852. The van der Waals surface area contributed by atoms with Crippen LogP contribution >= 0.6 is 0 Å². The minimum absolute atomic E-state index is 0.0118. The van der Waals surface area contributed by atoms with Crippen molar-refractivity contribution in [1.82, 2.24) is 10.3 Å². The van der Waals surface area contributed by atoms with Crippen LogP contribution in [0.15, 0.2) is 30.3 Å². The minimum atomic E-state index is -0.0404. The number of carbonyl (C=O) groups is 1. The first-order valence-corrected chi connectivity index (χ1v) is 7.01. The highest BCUT2D eigenvalue weighted by Gasteiger charge is 2.33. The second-order valence-electron chi connectivity index (χ2n) is 5.69. The van der Waals surface area contributed by atoms with Crippen molar-refractivity contribution in [1.29, 1.82) is 0 Å². The summed E-state index contributed by atoms with van der Waals surface area (Å²) in [5.41, 5.74) is 1.48. The van der Waals surface area contributed by atoms with Crippen LogP contribution in [0.3, 0.4) is 0 Å². The fourth-order valence-corrected chi connectivity index (χ4v) is 2.66. The number of para-hydroxylation sites is 1. The molecule has 1 aliphatic rings. The lowest BCUT2D eigenvalue weighted by atomic mass is 9.78. The summed E-state index contributed by atoms with van der Waals surface area (Å²) in [7, 11) is 1.81. The van der Waals surface area contributed by atoms with E-state index in [0.29, 0.717) is 11.4 Å². The van der Waals surface area contributed by atoms with Crippen molar-refractivity contribution in [2.45, 2.75) is 31.7 Å². The zero-order valence-electron chi connectivity index (χ0n) is 11.9. The Labute approximate surface area is 118 Å². The molecule has 0 aliphatic heterocycles. The molecule has 0 saturated heterocycles. The van der Waals surface area contributed by atoms with Crippen molar-refractivity contribution in [2.75, 3.05) is 12.4 Å². The predicted molar refractivity (Wildman–Crippen MR) is 81.0 cm³/mol. The Balaban J connectivity index is 2.02. The molecule has 1 saturated carbocycles. The summed E-state index contributed by atoms with van der Waals surface area (Å²) in [4.78, 5) is 17.0. The normalized spacial score (nSPS) is 16.5. The molecule has 0 atom stereocenters. The lowest BCUT2D eigenvalue weighted by Crippen LogP contribution is -2.50. The van der Waals surface area contributed by atoms with E-state index < -0.39 is 0 Å². The number of carbonyl (C=O) groups excluding carboxylic acids is 1. The van der Waals surface area contributed by atoms with Gasteiger partial charge in [-0.2, -0.15) is 0 Å². The van der Waals surface area contributed by atoms with Gasteiger partial charge in [0.1, 0.15) is 5.82 Å². The third-order valence-electron chi connectivity index (χ3n) is 4.09. The van der Waals surface area contributed by atoms with E-state index in [4.69, 9.17) is 0 Å². The summed E-state index contributed by atoms with van der Waals surface area (Å²) in [6, 6.07) is 9.56. The summed E-state index contributed by atoms with van der Waals surface area (Å²) >= 11 is 0. The number of hydrogen-bond donors (Lipinski definition) is 2. The van der Waals surface area contributed by atoms with Crippen LogP contribution in [0.4, 0.5) is 5.82 Å². The highest BCUT2D eigenvalue weighted by atomic mass is 16.1. The highest BCUT2D eigenvalue weighted by molar-refractivity contribution is 6.07. The van der Waals surface area contributed by atoms with Crippen molar-refractivity contribution in [3.8, 4) is 0 Å². The van der Waals surface area contributed by atoms with Crippen LogP contribution in [0, 0.1) is 0 Å². The van der Waals surface area contributed by atoms with E-state index in [9.17, 15) is 4.79 Å². The summed E-state index contributed by atoms with van der Waals surface area (Å²) < 4.78 is 0. The highest BCUT2D eigenvalue weighted by Crippen LogP contribution is 2.31. The van der Waals surface area contributed by atoms with E-state index in [0.717, 1.165) is 23.7 Å². The van der Waals surface area contributed by atoms with E-state index in [2.05, 4.69) is 22.5 Å². The quantitative estimate of drug-likeness (QED) is 0.900. The van der Waals surface area contributed by atoms with Gasteiger partial charge in [0.05, 0.1) is 11.1 Å². The molecule has 0 unspecified atom stereocenters. The zero-order valence-corrected chi connectivity index (χ0v) is 11.9. The van der Waals surface area contributed by atoms with Gasteiger partial charge in [0.25, 0.3) is 5.91 Å². The Kier molecular flexibility index (Phi) is 3.08. The molecule has 0 radical (unpaired) electrons. The summed E-state index contributed by atoms with van der Waals surface area (Å²) in [6.07, 6.45) is 3.30. The lowest BCUT2D eigenvalue weighted by Gasteiger charge is -2.39. The molecule has 1 heterocycles. The SMILES string of the molecule is CNc1cc(C(=O)NC2(C)CCC2)c2ccccc2n1. The van der Waals surface area contributed by atoms with Crippen LogP contribution in [0.1, 0.15) is 36.5 Å². The minimum Gasteiger partial charge on any atom is -0.373 e. The Bertz CT molecular complexity index is 662. The molecule has 0 spiro atoms. The van der Waals surface area contributed by atoms with Gasteiger partial charge in [-0.15, -0.1) is 0 Å². The topological polar surface area (TPSA) is 54.0 Å². The second kappa shape index (κ2) is 4.78. The summed E-state index contributed by atoms with van der Waals surface area (Å²) in [6.45, 7) is 2.11. The average molecular weight is 269 g/mol. The Morgan fingerprint density at radius 1 is 1.30 bits per heavy atom. The fraction of sp³-hybridized carbons (Fsp3) is 0.375. The third-order valence-corrected chi connectivity index (χ3v) is 4.09. The van der Waals surface area contributed by atoms with Gasteiger partial charge < -0.3 is 10.6 Å². The van der Waals surface area contributed by atoms with Crippen LogP contribution in [-0.4, -0.2) is 23.5 Å². The predicted octanol–water partition coefficient (Wildman–Crippen LogP) is 2.95. The smallest absolute Gasteiger partial charge is 0.252 e. The number of benzene rings is 1. The number of nitrogens with one attached hydrogen (secondary N) is 2. The summed E-state index contributed by atoms with van der Waals surface area (Å²) in [5, 5.41) is 7.07. The van der Waals surface area contributed by atoms with Crippen LogP contribution in [0.5, 0.6) is 0 Å². The Morgan fingerprint density at radius 2 is 2.05 bits per heavy atom. The van der Waals surface area contributed by atoms with Crippen molar-refractivity contribution in [3.63, 3.8) is 0 Å². The van der Waals surface area contributed by atoms with Crippen LogP contribution < -0.4 is 10.6 Å². The molecular formula is C16H19N3O. The number of aromatic nitrogens is 1. The molecule has 1 aromatic heterocycles. The first kappa shape index (κ1) is 12.9. The number of fused-ring (bicyclic) bond motifs is 1. The van der Waals surface area contributed by atoms with Gasteiger partial charge >= 0.3 is 0 Å². The maximum Gasteiger partial charge on any atom is 0.252 e. The van der Waals surface area contributed by atoms with Gasteiger partial charge in [-0.1, -0.05) is 18.2 Å². The molecular weight excluding hydrogens is 250 g/mol. The van der Waals surface area contributed by atoms with Crippen molar-refractivity contribution >= 4 is 22.6 Å². The van der Waals surface area contributed by atoms with Crippen molar-refractivity contribution < 1.29 is 4.79 Å². The van der Waals surface area contributed by atoms with E-state index in [1.807, 2.05) is 37.4 Å². The van der Waals surface area contributed by atoms with Gasteiger partial charge in [0.2, 0.25) is 0 Å². The van der Waals surface area contributed by atoms with Crippen LogP contribution in [-0.2, 0) is 0 Å². The molecule has 1 amide bonds. The molecule has 3 rings (SSSR count). The zero-order chi connectivity index (χ0) is 14.2. The van der Waals surface area contributed by atoms with E-state index in [1.54, 1.807) is 0 Å². The standard InChI is InChI=1S/C16H19N3O/c1-16(8-5-9-16)19-15(20)12-10-14(17-2)18-13-7-4-3-6-11(12)13/h3-4,6-7,10H,5,8-9H2,1-2H3,(H,17,18)(H,19,20). The Hall–Kier alpha value is -2.10. The molecule has 20 heavy (non-hydrogen) atoms. The van der Waals surface area contributed by atoms with E-state index >= 15 is 0 Å². The number of pyridine rings is 1. The number of rotatable bonds is 3. The molecule has 4 heteroatoms. The third kappa shape index (κ3) is 2.22. The maximum absolute atomic E-state index is 12.6. The number of hydrogen-bond acceptors (Lipinski definition) is 3. The van der Waals surface area contributed by atoms with Crippen molar-refractivity contribution in [2.24, 2.45) is 0 Å². The van der Waals surface area contributed by atoms with E-state index in [-0.39, 0.29) is 11.4 Å². The number of anilines is 1. The van der Waals surface area contributed by atoms with Gasteiger partial charge in [-0.25, -0.2) is 4.98 Å². The average Bonchev–Trinajstić information content (AvgIpc) is 2.44. The molecule has 2 N–H and O–H groups in total. The molecule has 0 bridgehead atoms. The van der Waals surface area contributed by atoms with Crippen LogP contribution in [0.2, 0.25) is 0 Å². The van der Waals surface area contributed by atoms with Gasteiger partial charge in [0.15, 0.2) is 0 Å². The Morgan fingerprint density at radius 3 is 2.70 bits per heavy atom. The molecule has 1 aromatic carbocycles. The van der Waals surface area contributed by atoms with Crippen LogP contribution in [0.25, 0.3) is 10.9 Å². The monoisotopic (exact) mass is 269 g/mol. The summed E-state index contributed by atoms with van der Waals surface area (Å²) in [5.74, 6) is 0.704. The van der Waals surface area contributed by atoms with Gasteiger partial charge in [-0.05, 0) is 38.3 Å². The second-order valence-corrected chi connectivity index (χ2v) is 5.69. The fourth-order valence-electron chi connectivity index (χ4n) is 2.66.